The highest BCUT2D eigenvalue weighted by Gasteiger charge is 2.30. The molecular weight excluding hydrogens is 328 g/mol. The van der Waals surface area contributed by atoms with Gasteiger partial charge in [0.25, 0.3) is 0 Å². The Morgan fingerprint density at radius 3 is 2.65 bits per heavy atom. The SMILES string of the molecule is CCOC(=O)c1c(-c2ccc(OC)cc2)nn2c1-c1ccccc1CC2. The molecule has 0 bridgehead atoms. The highest BCUT2D eigenvalue weighted by atomic mass is 16.5. The van der Waals surface area contributed by atoms with Crippen molar-refractivity contribution in [2.45, 2.75) is 19.9 Å². The zero-order valence-electron chi connectivity index (χ0n) is 14.9. The van der Waals surface area contributed by atoms with Crippen molar-refractivity contribution in [3.05, 3.63) is 59.7 Å². The summed E-state index contributed by atoms with van der Waals surface area (Å²) in [7, 11) is 1.63. The summed E-state index contributed by atoms with van der Waals surface area (Å²) in [5.41, 5.74) is 5.17. The van der Waals surface area contributed by atoms with Crippen LogP contribution in [-0.2, 0) is 17.7 Å². The number of aryl methyl sites for hydroxylation is 2. The first-order chi connectivity index (χ1) is 12.7. The van der Waals surface area contributed by atoms with Gasteiger partial charge in [0.15, 0.2) is 0 Å². The molecule has 0 atom stereocenters. The van der Waals surface area contributed by atoms with E-state index in [9.17, 15) is 4.79 Å². The van der Waals surface area contributed by atoms with Gasteiger partial charge in [-0.2, -0.15) is 5.10 Å². The number of benzene rings is 2. The third-order valence-corrected chi connectivity index (χ3v) is 4.66. The number of nitrogens with zero attached hydrogens (tertiary/aromatic N) is 2. The van der Waals surface area contributed by atoms with Gasteiger partial charge in [-0.25, -0.2) is 4.79 Å². The average molecular weight is 348 g/mol. The lowest BCUT2D eigenvalue weighted by atomic mass is 9.94. The van der Waals surface area contributed by atoms with Gasteiger partial charge < -0.3 is 9.47 Å². The molecule has 0 aliphatic carbocycles. The Morgan fingerprint density at radius 1 is 1.15 bits per heavy atom. The van der Waals surface area contributed by atoms with Gasteiger partial charge in [-0.3, -0.25) is 4.68 Å². The van der Waals surface area contributed by atoms with E-state index in [0.717, 1.165) is 35.5 Å². The molecular formula is C21H20N2O3. The fraction of sp³-hybridized carbons (Fsp3) is 0.238. The Bertz CT molecular complexity index is 958. The maximum atomic E-state index is 12.8. The maximum absolute atomic E-state index is 12.8. The molecule has 0 spiro atoms. The number of rotatable bonds is 4. The van der Waals surface area contributed by atoms with Gasteiger partial charge in [-0.05, 0) is 43.2 Å². The Hall–Kier alpha value is -3.08. The zero-order valence-corrected chi connectivity index (χ0v) is 14.9. The standard InChI is InChI=1S/C21H20N2O3/c1-3-26-21(24)18-19(15-8-10-16(25-2)11-9-15)22-23-13-12-14-6-4-5-7-17(14)20(18)23/h4-11H,3,12-13H2,1-2H3. The van der Waals surface area contributed by atoms with Crippen LogP contribution in [0, 0.1) is 0 Å². The molecule has 132 valence electrons. The van der Waals surface area contributed by atoms with E-state index in [-0.39, 0.29) is 5.97 Å². The summed E-state index contributed by atoms with van der Waals surface area (Å²) in [6, 6.07) is 15.7. The van der Waals surface area contributed by atoms with Crippen molar-refractivity contribution < 1.29 is 14.3 Å². The van der Waals surface area contributed by atoms with Crippen molar-refractivity contribution in [1.29, 1.82) is 0 Å². The first-order valence-corrected chi connectivity index (χ1v) is 8.73. The average Bonchev–Trinajstić information content (AvgIpc) is 3.08. The van der Waals surface area contributed by atoms with E-state index in [1.165, 1.54) is 5.56 Å². The number of carbonyl (C=O) groups excluding carboxylic acids is 1. The monoisotopic (exact) mass is 348 g/mol. The van der Waals surface area contributed by atoms with E-state index >= 15 is 0 Å². The molecule has 0 unspecified atom stereocenters. The lowest BCUT2D eigenvalue weighted by molar-refractivity contribution is 0.0528. The fourth-order valence-electron chi connectivity index (χ4n) is 3.44. The zero-order chi connectivity index (χ0) is 18.1. The third-order valence-electron chi connectivity index (χ3n) is 4.66. The Kier molecular flexibility index (Phi) is 4.21. The second-order valence-electron chi connectivity index (χ2n) is 6.15. The van der Waals surface area contributed by atoms with E-state index in [0.29, 0.717) is 17.9 Å². The molecule has 26 heavy (non-hydrogen) atoms. The molecule has 0 saturated carbocycles. The van der Waals surface area contributed by atoms with Crippen LogP contribution in [0.5, 0.6) is 5.75 Å². The number of carbonyl (C=O) groups is 1. The minimum atomic E-state index is -0.337. The van der Waals surface area contributed by atoms with Crippen LogP contribution in [-0.4, -0.2) is 29.5 Å². The van der Waals surface area contributed by atoms with Crippen molar-refractivity contribution in [1.82, 2.24) is 9.78 Å². The molecule has 0 N–H and O–H groups in total. The van der Waals surface area contributed by atoms with Crippen molar-refractivity contribution in [3.8, 4) is 28.3 Å². The predicted octanol–water partition coefficient (Wildman–Crippen LogP) is 3.96. The molecule has 2 aromatic carbocycles. The smallest absolute Gasteiger partial charge is 0.342 e. The second kappa shape index (κ2) is 6.67. The lowest BCUT2D eigenvalue weighted by Gasteiger charge is -2.18. The molecule has 1 aromatic heterocycles. The highest BCUT2D eigenvalue weighted by molar-refractivity contribution is 6.03. The van der Waals surface area contributed by atoms with Crippen molar-refractivity contribution in [3.63, 3.8) is 0 Å². The largest absolute Gasteiger partial charge is 0.497 e. The van der Waals surface area contributed by atoms with Gasteiger partial charge in [-0.15, -0.1) is 0 Å². The van der Waals surface area contributed by atoms with E-state index in [2.05, 4.69) is 6.07 Å². The second-order valence-corrected chi connectivity index (χ2v) is 6.15. The molecule has 5 heteroatoms. The quantitative estimate of drug-likeness (QED) is 0.670. The summed E-state index contributed by atoms with van der Waals surface area (Å²) in [4.78, 5) is 12.8. The Morgan fingerprint density at radius 2 is 1.92 bits per heavy atom. The first kappa shape index (κ1) is 16.4. The van der Waals surface area contributed by atoms with Gasteiger partial charge in [0.1, 0.15) is 17.0 Å². The molecule has 5 nitrogen and oxygen atoms in total. The Labute approximate surface area is 152 Å². The number of esters is 1. The summed E-state index contributed by atoms with van der Waals surface area (Å²) in [6.07, 6.45) is 0.898. The van der Waals surface area contributed by atoms with Crippen LogP contribution in [0.3, 0.4) is 0 Å². The number of methoxy groups -OCH3 is 1. The molecule has 4 rings (SSSR count). The van der Waals surface area contributed by atoms with Crippen LogP contribution in [0.1, 0.15) is 22.8 Å². The highest BCUT2D eigenvalue weighted by Crippen LogP contribution is 2.37. The van der Waals surface area contributed by atoms with Crippen molar-refractivity contribution in [2.75, 3.05) is 13.7 Å². The number of ether oxygens (including phenoxy) is 2. The van der Waals surface area contributed by atoms with E-state index in [1.807, 2.05) is 54.1 Å². The summed E-state index contributed by atoms with van der Waals surface area (Å²) < 4.78 is 12.5. The molecule has 0 fully saturated rings. The summed E-state index contributed by atoms with van der Waals surface area (Å²) in [5.74, 6) is 0.428. The van der Waals surface area contributed by atoms with Gasteiger partial charge >= 0.3 is 5.97 Å². The van der Waals surface area contributed by atoms with Crippen molar-refractivity contribution in [2.24, 2.45) is 0 Å². The molecule has 1 aliphatic rings. The van der Waals surface area contributed by atoms with Crippen LogP contribution in [0.4, 0.5) is 0 Å². The third kappa shape index (κ3) is 2.65. The van der Waals surface area contributed by atoms with Gasteiger partial charge in [0, 0.05) is 17.7 Å². The molecule has 3 aromatic rings. The van der Waals surface area contributed by atoms with Gasteiger partial charge in [0.2, 0.25) is 0 Å². The summed E-state index contributed by atoms with van der Waals surface area (Å²) >= 11 is 0. The maximum Gasteiger partial charge on any atom is 0.342 e. The predicted molar refractivity (Wildman–Crippen MR) is 99.3 cm³/mol. The number of fused-ring (bicyclic) bond motifs is 3. The molecule has 1 aliphatic heterocycles. The fourth-order valence-corrected chi connectivity index (χ4v) is 3.44. The minimum absolute atomic E-state index is 0.327. The van der Waals surface area contributed by atoms with Crippen LogP contribution in [0.15, 0.2) is 48.5 Å². The van der Waals surface area contributed by atoms with Crippen molar-refractivity contribution >= 4 is 5.97 Å². The topological polar surface area (TPSA) is 53.4 Å². The van der Waals surface area contributed by atoms with Gasteiger partial charge in [-0.1, -0.05) is 24.3 Å². The lowest BCUT2D eigenvalue weighted by Crippen LogP contribution is -2.14. The van der Waals surface area contributed by atoms with Crippen LogP contribution < -0.4 is 4.74 Å². The molecule has 2 heterocycles. The van der Waals surface area contributed by atoms with E-state index in [1.54, 1.807) is 7.11 Å². The number of aromatic nitrogens is 2. The van der Waals surface area contributed by atoms with E-state index in [4.69, 9.17) is 14.6 Å². The molecule has 0 radical (unpaired) electrons. The first-order valence-electron chi connectivity index (χ1n) is 8.73. The summed E-state index contributed by atoms with van der Waals surface area (Å²) in [6.45, 7) is 2.89. The molecule has 0 amide bonds. The Balaban J connectivity index is 1.93. The summed E-state index contributed by atoms with van der Waals surface area (Å²) in [5, 5.41) is 4.75. The number of hydrogen-bond acceptors (Lipinski definition) is 4. The molecule has 0 saturated heterocycles. The van der Waals surface area contributed by atoms with Crippen LogP contribution in [0.2, 0.25) is 0 Å². The van der Waals surface area contributed by atoms with E-state index < -0.39 is 0 Å². The normalized spacial score (nSPS) is 12.2. The van der Waals surface area contributed by atoms with Gasteiger partial charge in [0.05, 0.1) is 19.4 Å². The number of hydrogen-bond donors (Lipinski definition) is 0. The van der Waals surface area contributed by atoms with Crippen LogP contribution >= 0.6 is 0 Å². The van der Waals surface area contributed by atoms with Crippen LogP contribution in [0.25, 0.3) is 22.5 Å². The minimum Gasteiger partial charge on any atom is -0.497 e.